The van der Waals surface area contributed by atoms with Gasteiger partial charge in [-0.1, -0.05) is 15.9 Å². The number of carbonyl (C=O) groups is 1. The fourth-order valence-electron chi connectivity index (χ4n) is 2.01. The molecule has 0 bridgehead atoms. The molecular weight excluding hydrogens is 324 g/mol. The van der Waals surface area contributed by atoms with Crippen molar-refractivity contribution in [1.29, 1.82) is 0 Å². The number of fused-ring (bicyclic) bond motifs is 1. The number of hydrogen-bond donors (Lipinski definition) is 0. The van der Waals surface area contributed by atoms with Crippen molar-refractivity contribution >= 4 is 32.8 Å². The lowest BCUT2D eigenvalue weighted by Gasteiger charge is -2.22. The molecule has 0 saturated heterocycles. The zero-order valence-corrected chi connectivity index (χ0v) is 13.1. The number of esters is 1. The summed E-state index contributed by atoms with van der Waals surface area (Å²) in [5, 5.41) is 0.516. The molecule has 2 aromatic rings. The van der Waals surface area contributed by atoms with E-state index in [1.807, 2.05) is 6.07 Å². The first-order valence-corrected chi connectivity index (χ1v) is 6.87. The lowest BCUT2D eigenvalue weighted by atomic mass is 9.93. The van der Waals surface area contributed by atoms with Gasteiger partial charge in [0, 0.05) is 11.0 Å². The second kappa shape index (κ2) is 5.36. The van der Waals surface area contributed by atoms with Crippen molar-refractivity contribution < 1.29 is 9.53 Å². The van der Waals surface area contributed by atoms with Crippen LogP contribution in [0.2, 0.25) is 0 Å². The molecule has 0 aliphatic carbocycles. The Hall–Kier alpha value is -1.69. The fraction of sp³-hybridized carbons (Fsp3) is 0.357. The van der Waals surface area contributed by atoms with Crippen molar-refractivity contribution in [3.05, 3.63) is 39.4 Å². The minimum absolute atomic E-state index is 0.173. The number of aromatic nitrogens is 2. The van der Waals surface area contributed by atoms with Gasteiger partial charge in [-0.25, -0.2) is 4.98 Å². The molecule has 0 saturated carbocycles. The van der Waals surface area contributed by atoms with E-state index in [0.29, 0.717) is 10.9 Å². The van der Waals surface area contributed by atoms with Crippen LogP contribution >= 0.6 is 15.9 Å². The highest BCUT2D eigenvalue weighted by atomic mass is 79.9. The van der Waals surface area contributed by atoms with Gasteiger partial charge in [-0.15, -0.1) is 0 Å². The predicted molar refractivity (Wildman–Crippen MR) is 79.5 cm³/mol. The fourth-order valence-corrected chi connectivity index (χ4v) is 2.37. The lowest BCUT2D eigenvalue weighted by Crippen LogP contribution is -2.35. The van der Waals surface area contributed by atoms with Gasteiger partial charge < -0.3 is 4.74 Å². The average Bonchev–Trinajstić information content (AvgIpc) is 2.41. The molecule has 1 aromatic heterocycles. The molecule has 0 aliphatic rings. The zero-order valence-electron chi connectivity index (χ0n) is 11.5. The molecule has 0 N–H and O–H groups in total. The summed E-state index contributed by atoms with van der Waals surface area (Å²) in [7, 11) is 1.34. The third-order valence-corrected chi connectivity index (χ3v) is 3.58. The first-order valence-electron chi connectivity index (χ1n) is 6.08. The van der Waals surface area contributed by atoms with Crippen LogP contribution < -0.4 is 5.56 Å². The van der Waals surface area contributed by atoms with E-state index in [2.05, 4.69) is 20.9 Å². The van der Waals surface area contributed by atoms with Crippen molar-refractivity contribution in [3.8, 4) is 0 Å². The Morgan fingerprint density at radius 3 is 2.80 bits per heavy atom. The maximum atomic E-state index is 12.4. The van der Waals surface area contributed by atoms with Crippen molar-refractivity contribution in [3.63, 3.8) is 0 Å². The second-order valence-electron chi connectivity index (χ2n) is 5.21. The number of methoxy groups -OCH3 is 1. The number of rotatable bonds is 3. The van der Waals surface area contributed by atoms with Crippen LogP contribution in [0, 0.1) is 5.41 Å². The van der Waals surface area contributed by atoms with Gasteiger partial charge in [0.25, 0.3) is 5.56 Å². The molecule has 0 unspecified atom stereocenters. The molecule has 5 nitrogen and oxygen atoms in total. The molecule has 0 aliphatic heterocycles. The smallest absolute Gasteiger partial charge is 0.313 e. The summed E-state index contributed by atoms with van der Waals surface area (Å²) >= 11 is 3.34. The first kappa shape index (κ1) is 14.7. The number of nitrogens with zero attached hydrogens (tertiary/aromatic N) is 2. The van der Waals surface area contributed by atoms with Gasteiger partial charge in [0.2, 0.25) is 0 Å². The summed E-state index contributed by atoms with van der Waals surface area (Å²) in [6.07, 6.45) is 1.46. The van der Waals surface area contributed by atoms with E-state index in [0.717, 1.165) is 4.47 Å². The molecule has 0 atom stereocenters. The van der Waals surface area contributed by atoms with Gasteiger partial charge in [0.05, 0.1) is 29.8 Å². The molecule has 0 spiro atoms. The van der Waals surface area contributed by atoms with E-state index in [9.17, 15) is 9.59 Å². The van der Waals surface area contributed by atoms with Crippen LogP contribution in [-0.2, 0) is 16.1 Å². The van der Waals surface area contributed by atoms with Crippen LogP contribution in [0.25, 0.3) is 10.9 Å². The normalized spacial score (nSPS) is 11.6. The first-order chi connectivity index (χ1) is 9.35. The summed E-state index contributed by atoms with van der Waals surface area (Å²) in [5.41, 5.74) is -0.335. The summed E-state index contributed by atoms with van der Waals surface area (Å²) in [5.74, 6) is -0.362. The Balaban J connectivity index is 2.49. The Morgan fingerprint density at radius 2 is 2.15 bits per heavy atom. The van der Waals surface area contributed by atoms with Crippen molar-refractivity contribution in [2.75, 3.05) is 7.11 Å². The van der Waals surface area contributed by atoms with Crippen LogP contribution in [0.1, 0.15) is 13.8 Å². The highest BCUT2D eigenvalue weighted by molar-refractivity contribution is 9.10. The standard InChI is InChI=1S/C14H15BrN2O3/c1-14(2,13(19)20-3)7-17-8-16-11-5-4-9(15)6-10(11)12(17)18/h4-6,8H,7H2,1-3H3. The molecule has 0 fully saturated rings. The largest absolute Gasteiger partial charge is 0.469 e. The molecule has 0 radical (unpaired) electrons. The monoisotopic (exact) mass is 338 g/mol. The average molecular weight is 339 g/mol. The van der Waals surface area contributed by atoms with Gasteiger partial charge >= 0.3 is 5.97 Å². The molecular formula is C14H15BrN2O3. The quantitative estimate of drug-likeness (QED) is 0.806. The summed E-state index contributed by atoms with van der Waals surface area (Å²) in [6, 6.07) is 5.33. The SMILES string of the molecule is COC(=O)C(C)(C)Cn1cnc2ccc(Br)cc2c1=O. The molecule has 1 heterocycles. The third kappa shape index (κ3) is 2.75. The van der Waals surface area contributed by atoms with E-state index < -0.39 is 5.41 Å². The molecule has 20 heavy (non-hydrogen) atoms. The predicted octanol–water partition coefficient (Wildman–Crippen LogP) is 2.36. The Labute approximate surface area is 124 Å². The van der Waals surface area contributed by atoms with Crippen LogP contribution in [0.4, 0.5) is 0 Å². The Kier molecular flexibility index (Phi) is 3.94. The van der Waals surface area contributed by atoms with Gasteiger partial charge in [-0.2, -0.15) is 0 Å². The third-order valence-electron chi connectivity index (χ3n) is 3.09. The van der Waals surface area contributed by atoms with Crippen molar-refractivity contribution in [1.82, 2.24) is 9.55 Å². The van der Waals surface area contributed by atoms with E-state index >= 15 is 0 Å². The maximum absolute atomic E-state index is 12.4. The second-order valence-corrected chi connectivity index (χ2v) is 6.13. The highest BCUT2D eigenvalue weighted by Crippen LogP contribution is 2.20. The summed E-state index contributed by atoms with van der Waals surface area (Å²) < 4.78 is 7.00. The van der Waals surface area contributed by atoms with Gasteiger partial charge in [0.15, 0.2) is 0 Å². The molecule has 0 amide bonds. The number of halogens is 1. The van der Waals surface area contributed by atoms with Crippen LogP contribution in [-0.4, -0.2) is 22.6 Å². The lowest BCUT2D eigenvalue weighted by molar-refractivity contribution is -0.151. The van der Waals surface area contributed by atoms with Gasteiger partial charge in [-0.3, -0.25) is 14.2 Å². The van der Waals surface area contributed by atoms with E-state index in [1.165, 1.54) is 18.0 Å². The van der Waals surface area contributed by atoms with Crippen molar-refractivity contribution in [2.45, 2.75) is 20.4 Å². The van der Waals surface area contributed by atoms with E-state index in [1.54, 1.807) is 26.0 Å². The van der Waals surface area contributed by atoms with Gasteiger partial charge in [-0.05, 0) is 32.0 Å². The summed E-state index contributed by atoms with van der Waals surface area (Å²) in [6.45, 7) is 3.68. The molecule has 106 valence electrons. The van der Waals surface area contributed by atoms with Gasteiger partial charge in [0.1, 0.15) is 0 Å². The van der Waals surface area contributed by atoms with Crippen LogP contribution in [0.5, 0.6) is 0 Å². The summed E-state index contributed by atoms with van der Waals surface area (Å²) in [4.78, 5) is 28.4. The van der Waals surface area contributed by atoms with Crippen LogP contribution in [0.3, 0.4) is 0 Å². The topological polar surface area (TPSA) is 61.2 Å². The highest BCUT2D eigenvalue weighted by Gasteiger charge is 2.29. The molecule has 1 aromatic carbocycles. The number of hydrogen-bond acceptors (Lipinski definition) is 4. The number of benzene rings is 1. The number of ether oxygens (including phenoxy) is 1. The molecule has 2 rings (SSSR count). The Morgan fingerprint density at radius 1 is 1.45 bits per heavy atom. The zero-order chi connectivity index (χ0) is 14.9. The Bertz CT molecular complexity index is 722. The number of carbonyl (C=O) groups excluding carboxylic acids is 1. The minimum atomic E-state index is -0.792. The van der Waals surface area contributed by atoms with Crippen molar-refractivity contribution in [2.24, 2.45) is 5.41 Å². The molecule has 6 heteroatoms. The maximum Gasteiger partial charge on any atom is 0.313 e. The van der Waals surface area contributed by atoms with E-state index in [4.69, 9.17) is 4.74 Å². The van der Waals surface area contributed by atoms with Crippen LogP contribution in [0.15, 0.2) is 33.8 Å². The van der Waals surface area contributed by atoms with E-state index in [-0.39, 0.29) is 18.1 Å². The minimum Gasteiger partial charge on any atom is -0.469 e.